The Balaban J connectivity index is 2.44. The highest BCUT2D eigenvalue weighted by atomic mass is 16.5. The number of benzene rings is 1. The summed E-state index contributed by atoms with van der Waals surface area (Å²) in [5.41, 5.74) is 0.770. The molecule has 0 saturated carbocycles. The summed E-state index contributed by atoms with van der Waals surface area (Å²) in [6.45, 7) is 2.89. The third-order valence-corrected chi connectivity index (χ3v) is 3.36. The van der Waals surface area contributed by atoms with Crippen molar-refractivity contribution in [2.75, 3.05) is 13.7 Å². The van der Waals surface area contributed by atoms with Crippen molar-refractivity contribution >= 4 is 12.0 Å². The average molecular weight is 306 g/mol. The summed E-state index contributed by atoms with van der Waals surface area (Å²) in [7, 11) is 1.58. The van der Waals surface area contributed by atoms with E-state index in [2.05, 4.69) is 6.92 Å². The van der Waals surface area contributed by atoms with E-state index in [0.717, 1.165) is 18.1 Å². The Morgan fingerprint density at radius 1 is 1.14 bits per heavy atom. The minimum Gasteiger partial charge on any atom is -0.493 e. The van der Waals surface area contributed by atoms with Crippen molar-refractivity contribution in [3.8, 4) is 11.5 Å². The lowest BCUT2D eigenvalue weighted by molar-refractivity contribution is -0.131. The van der Waals surface area contributed by atoms with Crippen LogP contribution in [0.3, 0.4) is 0 Å². The highest BCUT2D eigenvalue weighted by Gasteiger charge is 2.05. The van der Waals surface area contributed by atoms with Crippen LogP contribution in [0.1, 0.15) is 51.0 Å². The van der Waals surface area contributed by atoms with E-state index in [-0.39, 0.29) is 0 Å². The first kappa shape index (κ1) is 18.1. The maximum Gasteiger partial charge on any atom is 0.328 e. The molecule has 1 N–H and O–H groups in total. The van der Waals surface area contributed by atoms with Gasteiger partial charge in [-0.15, -0.1) is 0 Å². The molecule has 0 heterocycles. The van der Waals surface area contributed by atoms with Crippen LogP contribution in [-0.4, -0.2) is 24.8 Å². The Hall–Kier alpha value is -1.97. The lowest BCUT2D eigenvalue weighted by Crippen LogP contribution is -1.99. The minimum atomic E-state index is -0.970. The normalized spacial score (nSPS) is 10.8. The Morgan fingerprint density at radius 2 is 1.86 bits per heavy atom. The summed E-state index contributed by atoms with van der Waals surface area (Å²) < 4.78 is 11.0. The molecule has 0 aliphatic heterocycles. The molecule has 0 amide bonds. The van der Waals surface area contributed by atoms with Crippen molar-refractivity contribution in [2.45, 2.75) is 45.4 Å². The topological polar surface area (TPSA) is 55.8 Å². The molecule has 0 atom stereocenters. The van der Waals surface area contributed by atoms with E-state index < -0.39 is 5.97 Å². The van der Waals surface area contributed by atoms with Crippen LogP contribution in [0.5, 0.6) is 11.5 Å². The molecule has 0 saturated heterocycles. The first-order valence-corrected chi connectivity index (χ1v) is 7.89. The van der Waals surface area contributed by atoms with Crippen LogP contribution in [-0.2, 0) is 4.79 Å². The van der Waals surface area contributed by atoms with Crippen LogP contribution < -0.4 is 9.47 Å². The Labute approximate surface area is 132 Å². The predicted molar refractivity (Wildman–Crippen MR) is 88.5 cm³/mol. The standard InChI is InChI=1S/C18H26O4/c1-3-4-5-6-7-8-13-22-16-11-9-15(10-12-18(19)20)14-17(16)21-2/h9-12,14H,3-8,13H2,1-2H3,(H,19,20)/b12-10+. The summed E-state index contributed by atoms with van der Waals surface area (Å²) >= 11 is 0. The predicted octanol–water partition coefficient (Wildman–Crippen LogP) is 4.53. The molecule has 0 aliphatic rings. The Bertz CT molecular complexity index is 480. The maximum atomic E-state index is 10.5. The van der Waals surface area contributed by atoms with E-state index in [4.69, 9.17) is 14.6 Å². The highest BCUT2D eigenvalue weighted by Crippen LogP contribution is 2.28. The van der Waals surface area contributed by atoms with E-state index in [1.807, 2.05) is 12.1 Å². The second-order valence-electron chi connectivity index (χ2n) is 5.20. The fourth-order valence-electron chi connectivity index (χ4n) is 2.14. The summed E-state index contributed by atoms with van der Waals surface area (Å²) in [5, 5.41) is 8.63. The van der Waals surface area contributed by atoms with Gasteiger partial charge in [-0.05, 0) is 30.2 Å². The number of rotatable bonds is 11. The molecule has 0 unspecified atom stereocenters. The van der Waals surface area contributed by atoms with Gasteiger partial charge in [0.1, 0.15) is 0 Å². The molecule has 0 radical (unpaired) electrons. The number of carboxylic acids is 1. The zero-order valence-corrected chi connectivity index (χ0v) is 13.5. The summed E-state index contributed by atoms with van der Waals surface area (Å²) in [5.74, 6) is 0.351. The molecule has 0 fully saturated rings. The van der Waals surface area contributed by atoms with Gasteiger partial charge in [0, 0.05) is 6.08 Å². The number of hydrogen-bond acceptors (Lipinski definition) is 3. The zero-order valence-electron chi connectivity index (χ0n) is 13.5. The second kappa shape index (κ2) is 10.7. The van der Waals surface area contributed by atoms with Crippen LogP contribution in [0.25, 0.3) is 6.08 Å². The summed E-state index contributed by atoms with van der Waals surface area (Å²) in [4.78, 5) is 10.5. The largest absolute Gasteiger partial charge is 0.493 e. The van der Waals surface area contributed by atoms with Gasteiger partial charge in [0.05, 0.1) is 13.7 Å². The second-order valence-corrected chi connectivity index (χ2v) is 5.20. The van der Waals surface area contributed by atoms with Gasteiger partial charge >= 0.3 is 5.97 Å². The molecule has 22 heavy (non-hydrogen) atoms. The number of unbranched alkanes of at least 4 members (excludes halogenated alkanes) is 5. The number of carboxylic acid groups (broad SMARTS) is 1. The number of methoxy groups -OCH3 is 1. The average Bonchev–Trinajstić information content (AvgIpc) is 2.52. The quantitative estimate of drug-likeness (QED) is 0.482. The first-order valence-electron chi connectivity index (χ1n) is 7.89. The van der Waals surface area contributed by atoms with E-state index in [0.29, 0.717) is 18.1 Å². The first-order chi connectivity index (χ1) is 10.7. The molecule has 0 spiro atoms. The number of aliphatic carboxylic acids is 1. The van der Waals surface area contributed by atoms with Crippen LogP contribution in [0, 0.1) is 0 Å². The number of carbonyl (C=O) groups is 1. The zero-order chi connectivity index (χ0) is 16.2. The van der Waals surface area contributed by atoms with E-state index in [1.165, 1.54) is 38.2 Å². The van der Waals surface area contributed by atoms with E-state index >= 15 is 0 Å². The van der Waals surface area contributed by atoms with Gasteiger partial charge in [-0.1, -0.05) is 45.1 Å². The minimum absolute atomic E-state index is 0.624. The molecule has 1 aromatic carbocycles. The van der Waals surface area contributed by atoms with Crippen molar-refractivity contribution in [2.24, 2.45) is 0 Å². The van der Waals surface area contributed by atoms with Gasteiger partial charge in [-0.2, -0.15) is 0 Å². The molecule has 0 aliphatic carbocycles. The summed E-state index contributed by atoms with van der Waals surface area (Å²) in [6, 6.07) is 5.41. The van der Waals surface area contributed by atoms with Crippen molar-refractivity contribution in [1.29, 1.82) is 0 Å². The fourth-order valence-corrected chi connectivity index (χ4v) is 2.14. The fraction of sp³-hybridized carbons (Fsp3) is 0.500. The molecule has 4 heteroatoms. The van der Waals surface area contributed by atoms with Gasteiger partial charge in [0.2, 0.25) is 0 Å². The molecule has 0 aromatic heterocycles. The maximum absolute atomic E-state index is 10.5. The van der Waals surface area contributed by atoms with Gasteiger partial charge < -0.3 is 14.6 Å². The lowest BCUT2D eigenvalue weighted by atomic mass is 10.1. The molecular weight excluding hydrogens is 280 g/mol. The molecular formula is C18H26O4. The van der Waals surface area contributed by atoms with Crippen LogP contribution in [0.15, 0.2) is 24.3 Å². The van der Waals surface area contributed by atoms with Crippen molar-refractivity contribution in [3.05, 3.63) is 29.8 Å². The number of ether oxygens (including phenoxy) is 2. The van der Waals surface area contributed by atoms with Crippen molar-refractivity contribution < 1.29 is 19.4 Å². The van der Waals surface area contributed by atoms with Crippen LogP contribution >= 0.6 is 0 Å². The highest BCUT2D eigenvalue weighted by molar-refractivity contribution is 5.85. The smallest absolute Gasteiger partial charge is 0.328 e. The SMILES string of the molecule is CCCCCCCCOc1ccc(/C=C/C(=O)O)cc1OC. The summed E-state index contributed by atoms with van der Waals surface area (Å²) in [6.07, 6.45) is 9.97. The van der Waals surface area contributed by atoms with E-state index in [9.17, 15) is 4.79 Å². The van der Waals surface area contributed by atoms with E-state index in [1.54, 1.807) is 13.2 Å². The lowest BCUT2D eigenvalue weighted by Gasteiger charge is -2.11. The van der Waals surface area contributed by atoms with Crippen molar-refractivity contribution in [3.63, 3.8) is 0 Å². The number of hydrogen-bond donors (Lipinski definition) is 1. The molecule has 4 nitrogen and oxygen atoms in total. The van der Waals surface area contributed by atoms with Gasteiger partial charge in [-0.3, -0.25) is 0 Å². The molecule has 1 rings (SSSR count). The van der Waals surface area contributed by atoms with Crippen LogP contribution in [0.2, 0.25) is 0 Å². The van der Waals surface area contributed by atoms with Crippen molar-refractivity contribution in [1.82, 2.24) is 0 Å². The molecule has 1 aromatic rings. The Morgan fingerprint density at radius 3 is 2.55 bits per heavy atom. The third-order valence-electron chi connectivity index (χ3n) is 3.36. The van der Waals surface area contributed by atoms with Crippen LogP contribution in [0.4, 0.5) is 0 Å². The molecule has 0 bridgehead atoms. The Kier molecular flexibility index (Phi) is 8.80. The van der Waals surface area contributed by atoms with Gasteiger partial charge in [0.15, 0.2) is 11.5 Å². The third kappa shape index (κ3) is 7.16. The monoisotopic (exact) mass is 306 g/mol. The van der Waals surface area contributed by atoms with Gasteiger partial charge in [0.25, 0.3) is 0 Å². The molecule has 122 valence electrons. The van der Waals surface area contributed by atoms with Gasteiger partial charge in [-0.25, -0.2) is 4.79 Å².